The van der Waals surface area contributed by atoms with Crippen molar-refractivity contribution in [1.82, 2.24) is 10.3 Å². The smallest absolute Gasteiger partial charge is 0.319 e. The molecule has 0 atom stereocenters. The molecule has 124 valence electrons. The molecule has 3 rings (SSSR count). The highest BCUT2D eigenvalue weighted by atomic mass is 16.5. The summed E-state index contributed by atoms with van der Waals surface area (Å²) in [6, 6.07) is 12.9. The maximum absolute atomic E-state index is 12.1. The number of nitrogens with one attached hydrogen (secondary N) is 3. The van der Waals surface area contributed by atoms with Crippen LogP contribution in [0.1, 0.15) is 5.56 Å². The molecule has 2 amide bonds. The zero-order valence-electron chi connectivity index (χ0n) is 13.6. The molecule has 2 aromatic carbocycles. The maximum Gasteiger partial charge on any atom is 0.319 e. The number of fused-ring (bicyclic) bond motifs is 1. The molecule has 0 bridgehead atoms. The summed E-state index contributed by atoms with van der Waals surface area (Å²) in [5.41, 5.74) is 2.66. The molecule has 1 aromatic heterocycles. The topological polar surface area (TPSA) is 75.4 Å². The second-order valence-electron chi connectivity index (χ2n) is 5.24. The highest BCUT2D eigenvalue weighted by molar-refractivity contribution is 6.00. The van der Waals surface area contributed by atoms with Crippen LogP contribution >= 0.6 is 0 Å². The first kappa shape index (κ1) is 15.7. The Morgan fingerprint density at radius 1 is 1.08 bits per heavy atom. The fourth-order valence-electron chi connectivity index (χ4n) is 2.53. The average molecular weight is 325 g/mol. The van der Waals surface area contributed by atoms with Crippen molar-refractivity contribution >= 4 is 22.6 Å². The molecule has 0 aliphatic heterocycles. The SMILES string of the molecule is COc1ccc(CNC(=O)Nc2cccc3[nH]ccc23)cc1OC. The number of anilines is 1. The van der Waals surface area contributed by atoms with Gasteiger partial charge in [-0.3, -0.25) is 0 Å². The minimum Gasteiger partial charge on any atom is -0.493 e. The molecular formula is C18H19N3O3. The Hall–Kier alpha value is -3.15. The summed E-state index contributed by atoms with van der Waals surface area (Å²) in [6.07, 6.45) is 1.84. The van der Waals surface area contributed by atoms with Gasteiger partial charge in [0.15, 0.2) is 11.5 Å². The van der Waals surface area contributed by atoms with Gasteiger partial charge in [-0.25, -0.2) is 4.79 Å². The van der Waals surface area contributed by atoms with E-state index < -0.39 is 0 Å². The lowest BCUT2D eigenvalue weighted by molar-refractivity contribution is 0.251. The van der Waals surface area contributed by atoms with Gasteiger partial charge in [0.25, 0.3) is 0 Å². The van der Waals surface area contributed by atoms with E-state index in [2.05, 4.69) is 15.6 Å². The molecule has 1 heterocycles. The van der Waals surface area contributed by atoms with Crippen LogP contribution in [0.3, 0.4) is 0 Å². The number of aromatic amines is 1. The van der Waals surface area contributed by atoms with E-state index in [4.69, 9.17) is 9.47 Å². The van der Waals surface area contributed by atoms with Gasteiger partial charge in [-0.15, -0.1) is 0 Å². The lowest BCUT2D eigenvalue weighted by Crippen LogP contribution is -2.28. The van der Waals surface area contributed by atoms with E-state index in [9.17, 15) is 4.79 Å². The first-order chi connectivity index (χ1) is 11.7. The molecule has 0 spiro atoms. The molecule has 0 aliphatic carbocycles. The molecule has 0 aliphatic rings. The first-order valence-corrected chi connectivity index (χ1v) is 7.53. The third kappa shape index (κ3) is 3.27. The number of methoxy groups -OCH3 is 2. The van der Waals surface area contributed by atoms with Crippen molar-refractivity contribution < 1.29 is 14.3 Å². The minimum absolute atomic E-state index is 0.265. The molecule has 0 fully saturated rings. The van der Waals surface area contributed by atoms with E-state index in [0.717, 1.165) is 22.2 Å². The Morgan fingerprint density at radius 3 is 2.71 bits per heavy atom. The fraction of sp³-hybridized carbons (Fsp3) is 0.167. The summed E-state index contributed by atoms with van der Waals surface area (Å²) in [4.78, 5) is 15.3. The minimum atomic E-state index is -0.265. The lowest BCUT2D eigenvalue weighted by atomic mass is 10.2. The lowest BCUT2D eigenvalue weighted by Gasteiger charge is -2.11. The van der Waals surface area contributed by atoms with Crippen molar-refractivity contribution in [2.24, 2.45) is 0 Å². The molecule has 0 saturated carbocycles. The quantitative estimate of drug-likeness (QED) is 0.672. The van der Waals surface area contributed by atoms with Crippen molar-refractivity contribution in [3.63, 3.8) is 0 Å². The Labute approximate surface area is 139 Å². The summed E-state index contributed by atoms with van der Waals surface area (Å²) in [5.74, 6) is 1.29. The molecule has 3 N–H and O–H groups in total. The Balaban J connectivity index is 1.64. The van der Waals surface area contributed by atoms with Crippen LogP contribution in [-0.2, 0) is 6.54 Å². The number of hydrogen-bond acceptors (Lipinski definition) is 3. The first-order valence-electron chi connectivity index (χ1n) is 7.53. The maximum atomic E-state index is 12.1. The van der Waals surface area contributed by atoms with Crippen LogP contribution in [0, 0.1) is 0 Å². The van der Waals surface area contributed by atoms with E-state index in [0.29, 0.717) is 18.0 Å². The van der Waals surface area contributed by atoms with Gasteiger partial charge in [0.1, 0.15) is 0 Å². The molecule has 6 heteroatoms. The van der Waals surface area contributed by atoms with Crippen molar-refractivity contribution in [2.75, 3.05) is 19.5 Å². The largest absolute Gasteiger partial charge is 0.493 e. The summed E-state index contributed by atoms with van der Waals surface area (Å²) in [7, 11) is 3.17. The predicted octanol–water partition coefficient (Wildman–Crippen LogP) is 3.51. The molecule has 0 saturated heterocycles. The highest BCUT2D eigenvalue weighted by Crippen LogP contribution is 2.27. The number of urea groups is 1. The van der Waals surface area contributed by atoms with Gasteiger partial charge in [0, 0.05) is 23.6 Å². The van der Waals surface area contributed by atoms with Crippen LogP contribution in [0.2, 0.25) is 0 Å². The van der Waals surface area contributed by atoms with E-state index in [-0.39, 0.29) is 6.03 Å². The molecule has 24 heavy (non-hydrogen) atoms. The van der Waals surface area contributed by atoms with Gasteiger partial charge in [-0.05, 0) is 35.9 Å². The number of benzene rings is 2. The number of rotatable bonds is 5. The van der Waals surface area contributed by atoms with Gasteiger partial charge >= 0.3 is 6.03 Å². The van der Waals surface area contributed by atoms with Gasteiger partial charge in [0.2, 0.25) is 0 Å². The van der Waals surface area contributed by atoms with Crippen molar-refractivity contribution in [3.05, 3.63) is 54.2 Å². The number of amides is 2. The third-order valence-electron chi connectivity index (χ3n) is 3.74. The van der Waals surface area contributed by atoms with Gasteiger partial charge in [-0.1, -0.05) is 12.1 Å². The molecule has 0 unspecified atom stereocenters. The normalized spacial score (nSPS) is 10.4. The van der Waals surface area contributed by atoms with E-state index >= 15 is 0 Å². The van der Waals surface area contributed by atoms with Crippen molar-refractivity contribution in [1.29, 1.82) is 0 Å². The number of carbonyl (C=O) groups excluding carboxylic acids is 1. The number of ether oxygens (including phenoxy) is 2. The fourth-order valence-corrected chi connectivity index (χ4v) is 2.53. The summed E-state index contributed by atoms with van der Waals surface area (Å²) in [5, 5.41) is 6.67. The number of aromatic nitrogens is 1. The second-order valence-corrected chi connectivity index (χ2v) is 5.24. The van der Waals surface area contributed by atoms with Crippen LogP contribution in [0.15, 0.2) is 48.7 Å². The average Bonchev–Trinajstić information content (AvgIpc) is 3.09. The Morgan fingerprint density at radius 2 is 1.92 bits per heavy atom. The van der Waals surface area contributed by atoms with E-state index in [1.165, 1.54) is 0 Å². The summed E-state index contributed by atoms with van der Waals surface area (Å²) >= 11 is 0. The van der Waals surface area contributed by atoms with Gasteiger partial charge < -0.3 is 25.1 Å². The van der Waals surface area contributed by atoms with Crippen LogP contribution in [0.5, 0.6) is 11.5 Å². The van der Waals surface area contributed by atoms with Crippen LogP contribution in [-0.4, -0.2) is 25.2 Å². The Kier molecular flexibility index (Phi) is 4.56. The summed E-state index contributed by atoms with van der Waals surface area (Å²) < 4.78 is 10.5. The predicted molar refractivity (Wildman–Crippen MR) is 93.7 cm³/mol. The summed E-state index contributed by atoms with van der Waals surface area (Å²) in [6.45, 7) is 0.384. The molecule has 3 aromatic rings. The number of H-pyrrole nitrogens is 1. The zero-order chi connectivity index (χ0) is 16.9. The second kappa shape index (κ2) is 6.95. The molecular weight excluding hydrogens is 306 g/mol. The third-order valence-corrected chi connectivity index (χ3v) is 3.74. The highest BCUT2D eigenvalue weighted by Gasteiger charge is 2.08. The van der Waals surface area contributed by atoms with Crippen LogP contribution < -0.4 is 20.1 Å². The van der Waals surface area contributed by atoms with Crippen molar-refractivity contribution in [3.8, 4) is 11.5 Å². The number of carbonyl (C=O) groups is 1. The Bertz CT molecular complexity index is 858. The van der Waals surface area contributed by atoms with Gasteiger partial charge in [0.05, 0.1) is 19.9 Å². The van der Waals surface area contributed by atoms with Crippen LogP contribution in [0.4, 0.5) is 10.5 Å². The standard InChI is InChI=1S/C18H19N3O3/c1-23-16-7-6-12(10-17(16)24-2)11-20-18(22)21-15-5-3-4-14-13(15)8-9-19-14/h3-10,19H,11H2,1-2H3,(H2,20,21,22). The van der Waals surface area contributed by atoms with Crippen molar-refractivity contribution in [2.45, 2.75) is 6.54 Å². The molecule has 0 radical (unpaired) electrons. The monoisotopic (exact) mass is 325 g/mol. The zero-order valence-corrected chi connectivity index (χ0v) is 13.6. The van der Waals surface area contributed by atoms with Crippen LogP contribution in [0.25, 0.3) is 10.9 Å². The number of hydrogen-bond donors (Lipinski definition) is 3. The van der Waals surface area contributed by atoms with E-state index in [1.807, 2.05) is 48.7 Å². The van der Waals surface area contributed by atoms with Gasteiger partial charge in [-0.2, -0.15) is 0 Å². The molecule has 6 nitrogen and oxygen atoms in total. The van der Waals surface area contributed by atoms with E-state index in [1.54, 1.807) is 14.2 Å².